The van der Waals surface area contributed by atoms with E-state index in [1.54, 1.807) is 0 Å². The molecule has 1 amide bonds. The molecule has 0 spiro atoms. The Morgan fingerprint density at radius 1 is 1.03 bits per heavy atom. The molecule has 0 bridgehead atoms. The number of aliphatic hydroxyl groups is 1. The molecular weight excluding hydrogens is 422 g/mol. The molecule has 4 nitrogen and oxygen atoms in total. The van der Waals surface area contributed by atoms with E-state index in [9.17, 15) is 9.90 Å². The van der Waals surface area contributed by atoms with Crippen LogP contribution in [0, 0.1) is 40.4 Å². The molecule has 0 radical (unpaired) electrons. The van der Waals surface area contributed by atoms with Gasteiger partial charge in [0.25, 0.3) is 0 Å². The van der Waals surface area contributed by atoms with Crippen LogP contribution in [0.1, 0.15) is 85.0 Å². The average molecular weight is 468 g/mol. The van der Waals surface area contributed by atoms with E-state index in [0.29, 0.717) is 30.5 Å². The molecule has 4 saturated carbocycles. The summed E-state index contributed by atoms with van der Waals surface area (Å²) >= 11 is 0. The lowest BCUT2D eigenvalue weighted by atomic mass is 9.42. The van der Waals surface area contributed by atoms with Crippen molar-refractivity contribution in [2.75, 3.05) is 18.5 Å². The van der Waals surface area contributed by atoms with Gasteiger partial charge in [-0.2, -0.15) is 0 Å². The molecule has 4 heteroatoms. The lowest BCUT2D eigenvalue weighted by molar-refractivity contribution is -0.173. The fourth-order valence-corrected chi connectivity index (χ4v) is 9.44. The van der Waals surface area contributed by atoms with Crippen LogP contribution in [0.3, 0.4) is 0 Å². The van der Waals surface area contributed by atoms with Gasteiger partial charge in [0.1, 0.15) is 0 Å². The average Bonchev–Trinajstić information content (AvgIpc) is 3.20. The monoisotopic (exact) mass is 467 g/mol. The maximum absolute atomic E-state index is 13.4. The minimum absolute atomic E-state index is 0.117. The van der Waals surface area contributed by atoms with Gasteiger partial charge in [-0.3, -0.25) is 4.79 Å². The Morgan fingerprint density at radius 3 is 2.56 bits per heavy atom. The zero-order chi connectivity index (χ0) is 24.0. The van der Waals surface area contributed by atoms with E-state index in [1.165, 1.54) is 38.5 Å². The van der Waals surface area contributed by atoms with Crippen molar-refractivity contribution in [2.24, 2.45) is 40.4 Å². The Labute approximate surface area is 206 Å². The van der Waals surface area contributed by atoms with Gasteiger partial charge in [-0.15, -0.1) is 0 Å². The van der Waals surface area contributed by atoms with E-state index in [1.807, 2.05) is 37.3 Å². The molecule has 1 aromatic carbocycles. The fraction of sp³-hybridized carbons (Fsp3) is 0.767. The van der Waals surface area contributed by atoms with E-state index in [0.717, 1.165) is 43.2 Å². The molecule has 1 aromatic rings. The zero-order valence-corrected chi connectivity index (χ0v) is 21.5. The van der Waals surface area contributed by atoms with Gasteiger partial charge in [0, 0.05) is 18.2 Å². The van der Waals surface area contributed by atoms with E-state index >= 15 is 0 Å². The SMILES string of the molecule is CCOC[C@@]1(O)CC[C@@]2(CC)[C@H](CC[C@H]3[C@@H]4CC[C@H](C(=O)Nc5ccccc5)[C@@]4(C)CC[C@@H]32)C1. The number of ether oxygens (including phenoxy) is 1. The molecule has 0 saturated heterocycles. The predicted octanol–water partition coefficient (Wildman–Crippen LogP) is 6.44. The first-order chi connectivity index (χ1) is 16.4. The third-order valence-electron chi connectivity index (χ3n) is 11.1. The van der Waals surface area contributed by atoms with Gasteiger partial charge in [-0.05, 0) is 118 Å². The highest BCUT2D eigenvalue weighted by atomic mass is 16.5. The Kier molecular flexibility index (Phi) is 6.61. The molecule has 4 aliphatic rings. The summed E-state index contributed by atoms with van der Waals surface area (Å²) in [6, 6.07) is 9.95. The van der Waals surface area contributed by atoms with Crippen LogP contribution in [0.5, 0.6) is 0 Å². The largest absolute Gasteiger partial charge is 0.387 e. The molecule has 0 aromatic heterocycles. The van der Waals surface area contributed by atoms with Crippen molar-refractivity contribution in [2.45, 2.75) is 90.6 Å². The first-order valence-electron chi connectivity index (χ1n) is 14.0. The van der Waals surface area contributed by atoms with Gasteiger partial charge >= 0.3 is 0 Å². The summed E-state index contributed by atoms with van der Waals surface area (Å²) in [5.74, 6) is 3.11. The van der Waals surface area contributed by atoms with Gasteiger partial charge in [-0.25, -0.2) is 0 Å². The number of benzene rings is 1. The van der Waals surface area contributed by atoms with E-state index < -0.39 is 5.60 Å². The van der Waals surface area contributed by atoms with Gasteiger partial charge in [-0.1, -0.05) is 32.0 Å². The Hall–Kier alpha value is -1.39. The number of hydrogen-bond donors (Lipinski definition) is 2. The number of para-hydroxylation sites is 1. The smallest absolute Gasteiger partial charge is 0.228 e. The van der Waals surface area contributed by atoms with Crippen LogP contribution in [-0.4, -0.2) is 29.8 Å². The topological polar surface area (TPSA) is 58.6 Å². The van der Waals surface area contributed by atoms with Crippen molar-refractivity contribution in [3.8, 4) is 0 Å². The van der Waals surface area contributed by atoms with Crippen molar-refractivity contribution < 1.29 is 14.6 Å². The van der Waals surface area contributed by atoms with Crippen molar-refractivity contribution in [3.63, 3.8) is 0 Å². The molecule has 0 unspecified atom stereocenters. The summed E-state index contributed by atoms with van der Waals surface area (Å²) in [6.45, 7) is 8.02. The quantitative estimate of drug-likeness (QED) is 0.506. The normalized spacial score (nSPS) is 43.5. The molecule has 0 aliphatic heterocycles. The number of nitrogens with one attached hydrogen (secondary N) is 1. The van der Waals surface area contributed by atoms with Crippen molar-refractivity contribution in [3.05, 3.63) is 30.3 Å². The summed E-state index contributed by atoms with van der Waals surface area (Å²) in [4.78, 5) is 13.4. The van der Waals surface area contributed by atoms with Crippen LogP contribution >= 0.6 is 0 Å². The van der Waals surface area contributed by atoms with Gasteiger partial charge in [0.05, 0.1) is 12.2 Å². The highest BCUT2D eigenvalue weighted by Gasteiger charge is 2.63. The van der Waals surface area contributed by atoms with E-state index in [2.05, 4.69) is 19.2 Å². The molecule has 0 heterocycles. The first kappa shape index (κ1) is 24.3. The van der Waals surface area contributed by atoms with Crippen molar-refractivity contribution in [1.29, 1.82) is 0 Å². The maximum Gasteiger partial charge on any atom is 0.228 e. The third-order valence-corrected chi connectivity index (χ3v) is 11.1. The highest BCUT2D eigenvalue weighted by molar-refractivity contribution is 5.93. The number of fused-ring (bicyclic) bond motifs is 5. The molecule has 188 valence electrons. The number of amides is 1. The molecular formula is C30H45NO3. The lowest BCUT2D eigenvalue weighted by Gasteiger charge is -2.63. The van der Waals surface area contributed by atoms with Gasteiger partial charge < -0.3 is 15.2 Å². The minimum atomic E-state index is -0.636. The third kappa shape index (κ3) is 3.93. The van der Waals surface area contributed by atoms with Crippen LogP contribution < -0.4 is 5.32 Å². The first-order valence-corrected chi connectivity index (χ1v) is 14.0. The minimum Gasteiger partial charge on any atom is -0.387 e. The second-order valence-electron chi connectivity index (χ2n) is 12.3. The number of hydrogen-bond acceptors (Lipinski definition) is 3. The van der Waals surface area contributed by atoms with Crippen molar-refractivity contribution >= 4 is 11.6 Å². The lowest BCUT2D eigenvalue weighted by Crippen LogP contribution is -2.57. The van der Waals surface area contributed by atoms with Crippen LogP contribution in [0.25, 0.3) is 0 Å². The zero-order valence-electron chi connectivity index (χ0n) is 21.5. The number of rotatable bonds is 6. The van der Waals surface area contributed by atoms with E-state index in [4.69, 9.17) is 4.74 Å². The second kappa shape index (κ2) is 9.24. The standard InChI is InChI=1S/C30H45NO3/c1-4-30-18-17-29(33,20-34-5-2)19-21(30)11-12-23-24-13-14-26(28(24,3)16-15-25(23)30)27(32)31-22-9-7-6-8-10-22/h6-10,21,23-26,33H,4-5,11-20H2,1-3H3,(H,31,32)/t21-,23+,24+,25+,26-,28+,29-,30+/m1/s1. The summed E-state index contributed by atoms with van der Waals surface area (Å²) in [5, 5.41) is 14.5. The maximum atomic E-state index is 13.4. The molecule has 34 heavy (non-hydrogen) atoms. The summed E-state index contributed by atoms with van der Waals surface area (Å²) in [5.41, 5.74) is 0.767. The fourth-order valence-electron chi connectivity index (χ4n) is 9.44. The number of anilines is 1. The summed E-state index contributed by atoms with van der Waals surface area (Å²) < 4.78 is 5.69. The summed E-state index contributed by atoms with van der Waals surface area (Å²) in [7, 11) is 0. The molecule has 4 aliphatic carbocycles. The van der Waals surface area contributed by atoms with E-state index in [-0.39, 0.29) is 17.2 Å². The molecule has 5 rings (SSSR count). The number of carbonyl (C=O) groups is 1. The van der Waals surface area contributed by atoms with Crippen molar-refractivity contribution in [1.82, 2.24) is 0 Å². The van der Waals surface area contributed by atoms with Crippen LogP contribution in [-0.2, 0) is 9.53 Å². The Morgan fingerprint density at radius 2 is 1.82 bits per heavy atom. The highest BCUT2D eigenvalue weighted by Crippen LogP contribution is 2.69. The second-order valence-corrected chi connectivity index (χ2v) is 12.3. The van der Waals surface area contributed by atoms with Crippen LogP contribution in [0.4, 0.5) is 5.69 Å². The Bertz CT molecular complexity index is 873. The molecule has 8 atom stereocenters. The summed E-state index contributed by atoms with van der Waals surface area (Å²) in [6.07, 6.45) is 11.3. The molecule has 4 fully saturated rings. The van der Waals surface area contributed by atoms with Crippen LogP contribution in [0.15, 0.2) is 30.3 Å². The van der Waals surface area contributed by atoms with Gasteiger partial charge in [0.2, 0.25) is 5.91 Å². The predicted molar refractivity (Wildman–Crippen MR) is 136 cm³/mol. The Balaban J connectivity index is 1.33. The number of carbonyl (C=O) groups excluding carboxylic acids is 1. The molecule has 2 N–H and O–H groups in total. The van der Waals surface area contributed by atoms with Gasteiger partial charge in [0.15, 0.2) is 0 Å². The van der Waals surface area contributed by atoms with Crippen LogP contribution in [0.2, 0.25) is 0 Å².